The molecule has 0 saturated carbocycles. The number of aromatic nitrogens is 1. The minimum absolute atomic E-state index is 0.111. The number of carbonyl (C=O) groups excluding carboxylic acids is 1. The molecule has 2 heterocycles. The Morgan fingerprint density at radius 2 is 2.00 bits per heavy atom. The zero-order chi connectivity index (χ0) is 26.1. The minimum Gasteiger partial charge on any atom is -0.479 e. The van der Waals surface area contributed by atoms with Crippen LogP contribution in [-0.2, 0) is 15.8 Å². The molecule has 0 radical (unpaired) electrons. The Morgan fingerprint density at radius 1 is 1.31 bits per heavy atom. The number of benzene rings is 1. The van der Waals surface area contributed by atoms with E-state index in [2.05, 4.69) is 4.98 Å². The van der Waals surface area contributed by atoms with Gasteiger partial charge in [0.1, 0.15) is 11.6 Å². The summed E-state index contributed by atoms with van der Waals surface area (Å²) in [5.41, 5.74) is -3.74. The average Bonchev–Trinajstić information content (AvgIpc) is 2.97. The van der Waals surface area contributed by atoms with Gasteiger partial charge in [-0.1, -0.05) is 13.3 Å². The molecular formula is C22H18F4N4O4S. The van der Waals surface area contributed by atoms with Gasteiger partial charge in [-0.25, -0.2) is 14.2 Å². The van der Waals surface area contributed by atoms with Crippen molar-refractivity contribution < 1.29 is 37.0 Å². The van der Waals surface area contributed by atoms with E-state index >= 15 is 0 Å². The number of halogens is 4. The third-order valence-electron chi connectivity index (χ3n) is 5.34. The van der Waals surface area contributed by atoms with Crippen molar-refractivity contribution in [3.8, 4) is 11.8 Å². The second kappa shape index (κ2) is 9.46. The first kappa shape index (κ1) is 25.8. The summed E-state index contributed by atoms with van der Waals surface area (Å²) in [6, 6.07) is 5.51. The molecule has 35 heavy (non-hydrogen) atoms. The lowest BCUT2D eigenvalue weighted by Crippen LogP contribution is -2.47. The number of carboxylic acid groups (broad SMARTS) is 1. The molecule has 0 aliphatic carbocycles. The van der Waals surface area contributed by atoms with E-state index in [1.165, 1.54) is 30.0 Å². The highest BCUT2D eigenvalue weighted by Gasteiger charge is 2.53. The highest BCUT2D eigenvalue weighted by molar-refractivity contribution is 7.81. The molecule has 1 aliphatic heterocycles. The normalized spacial score (nSPS) is 18.1. The number of nitriles is 1. The fourth-order valence-electron chi connectivity index (χ4n) is 3.83. The third-order valence-corrected chi connectivity index (χ3v) is 5.71. The Morgan fingerprint density at radius 3 is 2.54 bits per heavy atom. The molecule has 1 fully saturated rings. The van der Waals surface area contributed by atoms with Crippen molar-refractivity contribution in [2.75, 3.05) is 16.4 Å². The van der Waals surface area contributed by atoms with Gasteiger partial charge in [0.05, 0.1) is 17.4 Å². The molecule has 1 aromatic carbocycles. The van der Waals surface area contributed by atoms with Crippen molar-refractivity contribution in [3.63, 3.8) is 0 Å². The summed E-state index contributed by atoms with van der Waals surface area (Å²) in [5, 5.41) is 17.5. The zero-order valence-corrected chi connectivity index (χ0v) is 19.2. The molecule has 1 amide bonds. The zero-order valence-electron chi connectivity index (χ0n) is 18.4. The van der Waals surface area contributed by atoms with Crippen LogP contribution in [0.25, 0.3) is 0 Å². The number of rotatable bonds is 7. The van der Waals surface area contributed by atoms with Crippen LogP contribution >= 0.6 is 12.2 Å². The average molecular weight is 510 g/mol. The van der Waals surface area contributed by atoms with Gasteiger partial charge in [-0.05, 0) is 43.8 Å². The predicted octanol–water partition coefficient (Wildman–Crippen LogP) is 4.27. The molecule has 184 valence electrons. The quantitative estimate of drug-likeness (QED) is 0.435. The van der Waals surface area contributed by atoms with Crippen molar-refractivity contribution >= 4 is 40.6 Å². The summed E-state index contributed by atoms with van der Waals surface area (Å²) in [5.74, 6) is -3.22. The monoisotopic (exact) mass is 510 g/mol. The van der Waals surface area contributed by atoms with E-state index in [0.717, 1.165) is 17.2 Å². The smallest absolute Gasteiger partial charge is 0.419 e. The van der Waals surface area contributed by atoms with Crippen molar-refractivity contribution in [1.29, 1.82) is 5.26 Å². The number of carboxylic acids is 1. The van der Waals surface area contributed by atoms with Gasteiger partial charge in [-0.15, -0.1) is 0 Å². The first-order valence-corrected chi connectivity index (χ1v) is 10.6. The van der Waals surface area contributed by atoms with Crippen molar-refractivity contribution in [2.24, 2.45) is 0 Å². The second-order valence-corrected chi connectivity index (χ2v) is 8.14. The number of aliphatic carboxylic acids is 1. The van der Waals surface area contributed by atoms with Gasteiger partial charge >= 0.3 is 12.1 Å². The lowest BCUT2D eigenvalue weighted by Gasteiger charge is -2.33. The van der Waals surface area contributed by atoms with E-state index in [9.17, 15) is 27.2 Å². The van der Waals surface area contributed by atoms with Crippen LogP contribution in [0.1, 0.15) is 37.9 Å². The summed E-state index contributed by atoms with van der Waals surface area (Å²) in [7, 11) is 0. The molecular weight excluding hydrogens is 492 g/mol. The minimum atomic E-state index is -4.90. The van der Waals surface area contributed by atoms with Crippen LogP contribution in [0.3, 0.4) is 0 Å². The topological polar surface area (TPSA) is 107 Å². The Kier molecular flexibility index (Phi) is 6.98. The standard InChI is InChI=1S/C22H18F4N4O4S/c1-3-6-21(2)19(33)29(13-7-14(22(24,25)26)16(9-27)28-10-13)20(35)30(21)12-4-5-17(15(23)8-12)34-11-18(31)32/h4-5,7-8,10H,3,6,11H2,1-2H3,(H,31,32). The second-order valence-electron chi connectivity index (χ2n) is 7.78. The number of anilines is 2. The van der Waals surface area contributed by atoms with Gasteiger partial charge in [0.2, 0.25) is 0 Å². The number of ether oxygens (including phenoxy) is 1. The lowest BCUT2D eigenvalue weighted by molar-refractivity contribution is -0.139. The van der Waals surface area contributed by atoms with Crippen molar-refractivity contribution in [3.05, 3.63) is 47.5 Å². The number of alkyl halides is 3. The highest BCUT2D eigenvalue weighted by atomic mass is 32.1. The van der Waals surface area contributed by atoms with E-state index in [1.807, 2.05) is 0 Å². The van der Waals surface area contributed by atoms with E-state index in [0.29, 0.717) is 12.5 Å². The number of hydrogen-bond acceptors (Lipinski definition) is 6. The number of amides is 1. The molecule has 0 spiro atoms. The summed E-state index contributed by atoms with van der Waals surface area (Å²) in [4.78, 5) is 29.9. The van der Waals surface area contributed by atoms with E-state index in [1.54, 1.807) is 6.92 Å². The van der Waals surface area contributed by atoms with Gasteiger partial charge in [0.15, 0.2) is 29.0 Å². The summed E-state index contributed by atoms with van der Waals surface area (Å²) in [6.07, 6.45) is -3.26. The molecule has 1 saturated heterocycles. The van der Waals surface area contributed by atoms with Gasteiger partial charge in [-0.2, -0.15) is 18.4 Å². The Hall–Kier alpha value is -3.79. The number of thiocarbonyl (C=S) groups is 1. The van der Waals surface area contributed by atoms with Crippen LogP contribution in [0.2, 0.25) is 0 Å². The molecule has 1 aliphatic rings. The van der Waals surface area contributed by atoms with Crippen molar-refractivity contribution in [1.82, 2.24) is 4.98 Å². The molecule has 1 aromatic heterocycles. The maximum absolute atomic E-state index is 14.7. The Labute approximate surface area is 202 Å². The van der Waals surface area contributed by atoms with Crippen LogP contribution in [0.5, 0.6) is 5.75 Å². The van der Waals surface area contributed by atoms with Crippen molar-refractivity contribution in [2.45, 2.75) is 38.4 Å². The largest absolute Gasteiger partial charge is 0.479 e. The van der Waals surface area contributed by atoms with E-state index in [-0.39, 0.29) is 28.7 Å². The summed E-state index contributed by atoms with van der Waals surface area (Å²) >= 11 is 5.45. The number of carbonyl (C=O) groups is 2. The number of nitrogens with zero attached hydrogens (tertiary/aromatic N) is 4. The molecule has 2 aromatic rings. The SMILES string of the molecule is CCCC1(C)C(=O)N(c2cnc(C#N)c(C(F)(F)F)c2)C(=S)N1c1ccc(OCC(=O)O)c(F)c1. The summed E-state index contributed by atoms with van der Waals surface area (Å²) < 4.78 is 60.0. The number of pyridine rings is 1. The fourth-order valence-corrected chi connectivity index (χ4v) is 4.32. The lowest BCUT2D eigenvalue weighted by atomic mass is 9.93. The van der Waals surface area contributed by atoms with E-state index < -0.39 is 47.3 Å². The van der Waals surface area contributed by atoms with Gasteiger partial charge in [0.25, 0.3) is 5.91 Å². The summed E-state index contributed by atoms with van der Waals surface area (Å²) in [6.45, 7) is 2.54. The molecule has 3 rings (SSSR count). The first-order valence-electron chi connectivity index (χ1n) is 10.2. The highest BCUT2D eigenvalue weighted by Crippen LogP contribution is 2.41. The Balaban J connectivity index is 2.09. The van der Waals surface area contributed by atoms with Gasteiger partial charge in [-0.3, -0.25) is 9.69 Å². The van der Waals surface area contributed by atoms with Crippen LogP contribution < -0.4 is 14.5 Å². The molecule has 1 unspecified atom stereocenters. The predicted molar refractivity (Wildman–Crippen MR) is 119 cm³/mol. The molecule has 0 bridgehead atoms. The molecule has 13 heteroatoms. The van der Waals surface area contributed by atoms with E-state index in [4.69, 9.17) is 27.3 Å². The third kappa shape index (κ3) is 4.74. The molecule has 8 nitrogen and oxygen atoms in total. The number of hydrogen-bond donors (Lipinski definition) is 1. The van der Waals surface area contributed by atoms with Crippen LogP contribution in [0.15, 0.2) is 30.5 Å². The van der Waals surface area contributed by atoms with Crippen LogP contribution in [0.4, 0.5) is 28.9 Å². The van der Waals surface area contributed by atoms with Gasteiger partial charge < -0.3 is 14.7 Å². The van der Waals surface area contributed by atoms with Crippen LogP contribution in [0, 0.1) is 17.1 Å². The van der Waals surface area contributed by atoms with Gasteiger partial charge in [0, 0.05) is 11.8 Å². The molecule has 1 N–H and O–H groups in total. The fraction of sp³-hybridized carbons (Fsp3) is 0.318. The first-order chi connectivity index (χ1) is 16.3. The Bertz CT molecular complexity index is 1250. The molecule has 1 atom stereocenters. The maximum Gasteiger partial charge on any atom is 0.419 e. The van der Waals surface area contributed by atoms with Crippen LogP contribution in [-0.4, -0.2) is 39.2 Å². The maximum atomic E-state index is 14.7.